The molecule has 0 aliphatic rings. The van der Waals surface area contributed by atoms with Crippen LogP contribution in [0.25, 0.3) is 5.65 Å². The van der Waals surface area contributed by atoms with Crippen molar-refractivity contribution in [1.82, 2.24) is 14.4 Å². The third kappa shape index (κ3) is 3.08. The van der Waals surface area contributed by atoms with Gasteiger partial charge in [-0.3, -0.25) is 9.20 Å². The standard InChI is InChI=1S/C18H20N4O/c1-4-5-14-17(22-11-13(3)6-7-16(22)20-14)18(23)21-15-10-12(2)8-9-19-15/h6-11H,4-5H2,1-3H3,(H,19,21,23). The van der Waals surface area contributed by atoms with Crippen LogP contribution in [-0.2, 0) is 6.42 Å². The van der Waals surface area contributed by atoms with Crippen molar-refractivity contribution in [3.05, 3.63) is 59.2 Å². The van der Waals surface area contributed by atoms with Gasteiger partial charge < -0.3 is 5.32 Å². The van der Waals surface area contributed by atoms with Crippen LogP contribution in [-0.4, -0.2) is 20.3 Å². The number of nitrogens with zero attached hydrogens (tertiary/aromatic N) is 3. The van der Waals surface area contributed by atoms with Gasteiger partial charge in [0.2, 0.25) is 0 Å². The first kappa shape index (κ1) is 15.2. The number of aromatic nitrogens is 3. The number of aryl methyl sites for hydroxylation is 3. The van der Waals surface area contributed by atoms with E-state index in [9.17, 15) is 4.79 Å². The predicted octanol–water partition coefficient (Wildman–Crippen LogP) is 3.55. The number of hydrogen-bond donors (Lipinski definition) is 1. The van der Waals surface area contributed by atoms with Gasteiger partial charge in [-0.1, -0.05) is 19.4 Å². The van der Waals surface area contributed by atoms with E-state index in [1.807, 2.05) is 48.7 Å². The second kappa shape index (κ2) is 6.20. The minimum absolute atomic E-state index is 0.176. The Morgan fingerprint density at radius 3 is 2.78 bits per heavy atom. The summed E-state index contributed by atoms with van der Waals surface area (Å²) < 4.78 is 1.87. The molecule has 3 rings (SSSR count). The topological polar surface area (TPSA) is 59.3 Å². The van der Waals surface area contributed by atoms with Gasteiger partial charge in [-0.25, -0.2) is 9.97 Å². The lowest BCUT2D eigenvalue weighted by molar-refractivity contribution is 0.102. The van der Waals surface area contributed by atoms with Crippen molar-refractivity contribution in [1.29, 1.82) is 0 Å². The van der Waals surface area contributed by atoms with Crippen LogP contribution in [0.4, 0.5) is 5.82 Å². The van der Waals surface area contributed by atoms with E-state index < -0.39 is 0 Å². The van der Waals surface area contributed by atoms with Crippen LogP contribution in [0.1, 0.15) is 40.7 Å². The van der Waals surface area contributed by atoms with E-state index in [2.05, 4.69) is 22.2 Å². The Labute approximate surface area is 135 Å². The van der Waals surface area contributed by atoms with E-state index in [0.29, 0.717) is 11.5 Å². The molecule has 0 saturated carbocycles. The van der Waals surface area contributed by atoms with Crippen LogP contribution in [0.2, 0.25) is 0 Å². The van der Waals surface area contributed by atoms with Gasteiger partial charge in [-0.15, -0.1) is 0 Å². The fourth-order valence-electron chi connectivity index (χ4n) is 2.63. The van der Waals surface area contributed by atoms with Crippen LogP contribution in [0.5, 0.6) is 0 Å². The molecule has 0 unspecified atom stereocenters. The van der Waals surface area contributed by atoms with Crippen LogP contribution in [0, 0.1) is 13.8 Å². The first-order valence-corrected chi connectivity index (χ1v) is 7.80. The van der Waals surface area contributed by atoms with Gasteiger partial charge in [0.15, 0.2) is 0 Å². The number of amides is 1. The number of imidazole rings is 1. The quantitative estimate of drug-likeness (QED) is 0.802. The zero-order valence-corrected chi connectivity index (χ0v) is 13.6. The zero-order chi connectivity index (χ0) is 16.4. The molecule has 0 spiro atoms. The summed E-state index contributed by atoms with van der Waals surface area (Å²) in [6.45, 7) is 6.05. The molecule has 5 nitrogen and oxygen atoms in total. The maximum absolute atomic E-state index is 12.8. The SMILES string of the molecule is CCCc1nc2ccc(C)cn2c1C(=O)Nc1cc(C)ccn1. The summed E-state index contributed by atoms with van der Waals surface area (Å²) in [7, 11) is 0. The van der Waals surface area contributed by atoms with Gasteiger partial charge in [0.05, 0.1) is 5.69 Å². The van der Waals surface area contributed by atoms with Gasteiger partial charge >= 0.3 is 0 Å². The predicted molar refractivity (Wildman–Crippen MR) is 90.9 cm³/mol. The van der Waals surface area contributed by atoms with E-state index in [4.69, 9.17) is 0 Å². The van der Waals surface area contributed by atoms with Crippen LogP contribution in [0.15, 0.2) is 36.7 Å². The third-order valence-corrected chi connectivity index (χ3v) is 3.70. The monoisotopic (exact) mass is 308 g/mol. The second-order valence-electron chi connectivity index (χ2n) is 5.76. The average molecular weight is 308 g/mol. The molecule has 3 heterocycles. The average Bonchev–Trinajstić information content (AvgIpc) is 2.85. The molecule has 1 amide bonds. The molecular formula is C18H20N4O. The Morgan fingerprint density at radius 1 is 1.22 bits per heavy atom. The number of hydrogen-bond acceptors (Lipinski definition) is 3. The number of carbonyl (C=O) groups excluding carboxylic acids is 1. The van der Waals surface area contributed by atoms with Crippen LogP contribution < -0.4 is 5.32 Å². The Balaban J connectivity index is 2.04. The molecule has 3 aromatic rings. The highest BCUT2D eigenvalue weighted by molar-refractivity contribution is 6.04. The van der Waals surface area contributed by atoms with Gasteiger partial charge in [0.1, 0.15) is 17.2 Å². The lowest BCUT2D eigenvalue weighted by atomic mass is 10.2. The van der Waals surface area contributed by atoms with Crippen molar-refractivity contribution in [3.63, 3.8) is 0 Å². The Kier molecular flexibility index (Phi) is 4.10. The Hall–Kier alpha value is -2.69. The van der Waals surface area contributed by atoms with E-state index in [1.54, 1.807) is 6.20 Å². The van der Waals surface area contributed by atoms with Crippen molar-refractivity contribution in [3.8, 4) is 0 Å². The molecule has 0 aliphatic heterocycles. The maximum Gasteiger partial charge on any atom is 0.275 e. The summed E-state index contributed by atoms with van der Waals surface area (Å²) in [6.07, 6.45) is 5.34. The summed E-state index contributed by atoms with van der Waals surface area (Å²) in [4.78, 5) is 21.6. The Morgan fingerprint density at radius 2 is 2.04 bits per heavy atom. The van der Waals surface area contributed by atoms with Crippen LogP contribution >= 0.6 is 0 Å². The lowest BCUT2D eigenvalue weighted by Crippen LogP contribution is -2.17. The number of anilines is 1. The normalized spacial score (nSPS) is 10.9. The molecule has 5 heteroatoms. The summed E-state index contributed by atoms with van der Waals surface area (Å²) in [6, 6.07) is 7.69. The molecule has 0 atom stereocenters. The van der Waals surface area contributed by atoms with Gasteiger partial charge in [0.25, 0.3) is 5.91 Å². The molecule has 0 aromatic carbocycles. The number of nitrogens with one attached hydrogen (secondary N) is 1. The molecule has 0 bridgehead atoms. The molecule has 1 N–H and O–H groups in total. The first-order chi connectivity index (χ1) is 11.1. The van der Waals surface area contributed by atoms with E-state index >= 15 is 0 Å². The highest BCUT2D eigenvalue weighted by Gasteiger charge is 2.19. The van der Waals surface area contributed by atoms with Gasteiger partial charge in [-0.2, -0.15) is 0 Å². The van der Waals surface area contributed by atoms with Crippen molar-refractivity contribution in [2.24, 2.45) is 0 Å². The highest BCUT2D eigenvalue weighted by atomic mass is 16.2. The van der Waals surface area contributed by atoms with Crippen molar-refractivity contribution in [2.75, 3.05) is 5.32 Å². The van der Waals surface area contributed by atoms with Gasteiger partial charge in [-0.05, 0) is 49.6 Å². The lowest BCUT2D eigenvalue weighted by Gasteiger charge is -2.07. The van der Waals surface area contributed by atoms with E-state index in [-0.39, 0.29) is 5.91 Å². The zero-order valence-electron chi connectivity index (χ0n) is 13.6. The van der Waals surface area contributed by atoms with Crippen molar-refractivity contribution in [2.45, 2.75) is 33.6 Å². The maximum atomic E-state index is 12.8. The molecule has 0 saturated heterocycles. The molecule has 118 valence electrons. The first-order valence-electron chi connectivity index (χ1n) is 7.80. The Bertz CT molecular complexity index is 867. The summed E-state index contributed by atoms with van der Waals surface area (Å²) in [5.74, 6) is 0.379. The smallest absolute Gasteiger partial charge is 0.275 e. The minimum atomic E-state index is -0.176. The largest absolute Gasteiger partial charge is 0.305 e. The summed E-state index contributed by atoms with van der Waals surface area (Å²) >= 11 is 0. The van der Waals surface area contributed by atoms with Gasteiger partial charge in [0, 0.05) is 12.4 Å². The second-order valence-corrected chi connectivity index (χ2v) is 5.76. The fourth-order valence-corrected chi connectivity index (χ4v) is 2.63. The van der Waals surface area contributed by atoms with Crippen LogP contribution in [0.3, 0.4) is 0 Å². The highest BCUT2D eigenvalue weighted by Crippen LogP contribution is 2.17. The number of fused-ring (bicyclic) bond motifs is 1. The fraction of sp³-hybridized carbons (Fsp3) is 0.278. The summed E-state index contributed by atoms with van der Waals surface area (Å²) in [5, 5.41) is 2.88. The molecule has 3 aromatic heterocycles. The number of carbonyl (C=O) groups is 1. The molecule has 0 radical (unpaired) electrons. The minimum Gasteiger partial charge on any atom is -0.305 e. The number of rotatable bonds is 4. The summed E-state index contributed by atoms with van der Waals surface area (Å²) in [5.41, 5.74) is 4.34. The number of pyridine rings is 2. The molecule has 0 fully saturated rings. The molecule has 0 aliphatic carbocycles. The van der Waals surface area contributed by atoms with E-state index in [1.165, 1.54) is 0 Å². The molecular weight excluding hydrogens is 288 g/mol. The van der Waals surface area contributed by atoms with E-state index in [0.717, 1.165) is 35.3 Å². The van der Waals surface area contributed by atoms with Crippen molar-refractivity contribution < 1.29 is 4.79 Å². The molecule has 23 heavy (non-hydrogen) atoms. The third-order valence-electron chi connectivity index (χ3n) is 3.70. The van der Waals surface area contributed by atoms with Crippen molar-refractivity contribution >= 4 is 17.4 Å².